The lowest BCUT2D eigenvalue weighted by Crippen LogP contribution is -2.68. The molecule has 3 fully saturated rings. The molecule has 0 bridgehead atoms. The zero-order valence-corrected chi connectivity index (χ0v) is 11.6. The van der Waals surface area contributed by atoms with Crippen LogP contribution in [0.5, 0.6) is 0 Å². The van der Waals surface area contributed by atoms with Gasteiger partial charge in [-0.1, -0.05) is 0 Å². The van der Waals surface area contributed by atoms with Crippen LogP contribution in [0.15, 0.2) is 0 Å². The summed E-state index contributed by atoms with van der Waals surface area (Å²) in [5.41, 5.74) is -3.53. The van der Waals surface area contributed by atoms with Gasteiger partial charge in [0.05, 0.1) is 0 Å². The van der Waals surface area contributed by atoms with Gasteiger partial charge >= 0.3 is 12.1 Å². The largest absolute Gasteiger partial charge is 0.319 e. The molecule has 4 N–H and O–H groups in total. The number of nitrogens with zero attached hydrogens (tertiary/aromatic N) is 2. The van der Waals surface area contributed by atoms with E-state index in [0.29, 0.717) is 13.0 Å². The highest BCUT2D eigenvalue weighted by atomic mass is 16.2. The van der Waals surface area contributed by atoms with E-state index in [9.17, 15) is 19.2 Å². The number of hydrogen-bond donors (Lipinski definition) is 4. The molecule has 10 heteroatoms. The number of imide groups is 1. The first-order chi connectivity index (χ1) is 9.82. The normalized spacial score (nSPS) is 33.6. The van der Waals surface area contributed by atoms with Crippen molar-refractivity contribution in [3.05, 3.63) is 0 Å². The molecule has 0 aliphatic carbocycles. The number of urea groups is 2. The lowest BCUT2D eigenvalue weighted by atomic mass is 10.00. The Labute approximate surface area is 120 Å². The molecule has 3 aliphatic rings. The fourth-order valence-corrected chi connectivity index (χ4v) is 2.96. The van der Waals surface area contributed by atoms with Crippen molar-refractivity contribution >= 4 is 23.9 Å². The summed E-state index contributed by atoms with van der Waals surface area (Å²) in [6.07, 6.45) is 0.596. The Bertz CT molecular complexity index is 501. The van der Waals surface area contributed by atoms with E-state index in [0.717, 1.165) is 4.90 Å². The molecule has 3 rings (SSSR count). The first kappa shape index (κ1) is 13.6. The van der Waals surface area contributed by atoms with Crippen LogP contribution >= 0.6 is 0 Å². The van der Waals surface area contributed by atoms with E-state index >= 15 is 0 Å². The molecule has 0 unspecified atom stereocenters. The van der Waals surface area contributed by atoms with Gasteiger partial charge in [0.15, 0.2) is 0 Å². The van der Waals surface area contributed by atoms with E-state index in [1.807, 2.05) is 19.0 Å². The smallest absolute Gasteiger partial charge is 0.309 e. The number of carbonyl (C=O) groups is 4. The van der Waals surface area contributed by atoms with E-state index in [-0.39, 0.29) is 6.54 Å². The summed E-state index contributed by atoms with van der Waals surface area (Å²) in [6, 6.07) is -1.37. The molecule has 3 aliphatic heterocycles. The molecular weight excluding hydrogens is 280 g/mol. The van der Waals surface area contributed by atoms with Crippen molar-refractivity contribution in [3.8, 4) is 0 Å². The number of carbonyl (C=O) groups excluding carboxylic acids is 4. The van der Waals surface area contributed by atoms with Crippen LogP contribution in [0, 0.1) is 0 Å². The van der Waals surface area contributed by atoms with Crippen molar-refractivity contribution in [1.29, 1.82) is 0 Å². The van der Waals surface area contributed by atoms with Crippen LogP contribution in [0.25, 0.3) is 0 Å². The fourth-order valence-electron chi connectivity index (χ4n) is 2.96. The molecule has 0 aromatic heterocycles. The van der Waals surface area contributed by atoms with Crippen LogP contribution < -0.4 is 21.3 Å². The molecule has 6 amide bonds. The minimum absolute atomic E-state index is 0.217. The highest BCUT2D eigenvalue weighted by Gasteiger charge is 2.79. The van der Waals surface area contributed by atoms with E-state index in [1.165, 1.54) is 0 Å². The van der Waals surface area contributed by atoms with Crippen molar-refractivity contribution in [3.63, 3.8) is 0 Å². The van der Waals surface area contributed by atoms with Crippen LogP contribution in [0.3, 0.4) is 0 Å². The lowest BCUT2D eigenvalue weighted by molar-refractivity contribution is -0.141. The molecule has 0 radical (unpaired) electrons. The first-order valence-corrected chi connectivity index (χ1v) is 6.54. The minimum atomic E-state index is -1.77. The van der Waals surface area contributed by atoms with Crippen molar-refractivity contribution in [2.45, 2.75) is 17.7 Å². The summed E-state index contributed by atoms with van der Waals surface area (Å²) >= 11 is 0. The van der Waals surface area contributed by atoms with Gasteiger partial charge in [0, 0.05) is 6.54 Å². The van der Waals surface area contributed by atoms with Crippen molar-refractivity contribution in [1.82, 2.24) is 31.1 Å². The Morgan fingerprint density at radius 1 is 0.905 bits per heavy atom. The maximum atomic E-state index is 12.5. The second-order valence-corrected chi connectivity index (χ2v) is 5.58. The zero-order valence-electron chi connectivity index (χ0n) is 11.6. The summed E-state index contributed by atoms with van der Waals surface area (Å²) in [6.45, 7) is 0.922. The van der Waals surface area contributed by atoms with Crippen molar-refractivity contribution in [2.75, 3.05) is 27.2 Å². The number of hydrogen-bond acceptors (Lipinski definition) is 5. The Hall–Kier alpha value is -2.36. The average molecular weight is 296 g/mol. The summed E-state index contributed by atoms with van der Waals surface area (Å²) in [5, 5.41) is 9.42. The molecule has 3 heterocycles. The topological polar surface area (TPSA) is 123 Å². The maximum absolute atomic E-state index is 12.5. The average Bonchev–Trinajstić information content (AvgIpc) is 2.85. The van der Waals surface area contributed by atoms with Crippen LogP contribution in [0.2, 0.25) is 0 Å². The van der Waals surface area contributed by atoms with E-state index < -0.39 is 35.2 Å². The van der Waals surface area contributed by atoms with E-state index in [1.54, 1.807) is 0 Å². The second kappa shape index (κ2) is 4.07. The minimum Gasteiger partial charge on any atom is -0.309 e. The van der Waals surface area contributed by atoms with Crippen LogP contribution in [0.4, 0.5) is 9.59 Å². The standard InChI is InChI=1S/C11H16N6O4/c1-16(2)4-3-5-17-6(18)10-11(7(17)19,14-8(20)12-10)15-9(21)13-10/h3-5H2,1-2H3,(H2,12,14,20)(H2,13,15,21). The van der Waals surface area contributed by atoms with Crippen LogP contribution in [-0.4, -0.2) is 72.2 Å². The number of likely N-dealkylation sites (tertiary alicyclic amines) is 1. The van der Waals surface area contributed by atoms with Gasteiger partial charge in [0.1, 0.15) is 0 Å². The molecule has 10 nitrogen and oxygen atoms in total. The summed E-state index contributed by atoms with van der Waals surface area (Å²) in [4.78, 5) is 51.1. The predicted molar refractivity (Wildman–Crippen MR) is 68.7 cm³/mol. The van der Waals surface area contributed by atoms with Gasteiger partial charge in [-0.2, -0.15) is 0 Å². The Kier molecular flexibility index (Phi) is 2.64. The number of nitrogens with one attached hydrogen (secondary N) is 4. The zero-order chi connectivity index (χ0) is 15.4. The van der Waals surface area contributed by atoms with Gasteiger partial charge in [0.25, 0.3) is 11.8 Å². The van der Waals surface area contributed by atoms with Gasteiger partial charge in [-0.3, -0.25) is 14.5 Å². The first-order valence-electron chi connectivity index (χ1n) is 6.54. The molecule has 114 valence electrons. The summed E-state index contributed by atoms with van der Waals surface area (Å²) < 4.78 is 0. The van der Waals surface area contributed by atoms with Gasteiger partial charge in [-0.25, -0.2) is 9.59 Å². The van der Waals surface area contributed by atoms with Gasteiger partial charge < -0.3 is 26.2 Å². The summed E-state index contributed by atoms with van der Waals surface area (Å²) in [7, 11) is 3.77. The highest BCUT2D eigenvalue weighted by Crippen LogP contribution is 2.37. The van der Waals surface area contributed by atoms with Crippen LogP contribution in [0.1, 0.15) is 6.42 Å². The molecule has 0 atom stereocenters. The van der Waals surface area contributed by atoms with Gasteiger partial charge in [0.2, 0.25) is 11.3 Å². The fraction of sp³-hybridized carbons (Fsp3) is 0.636. The molecule has 3 saturated heterocycles. The van der Waals surface area contributed by atoms with Crippen LogP contribution in [-0.2, 0) is 9.59 Å². The molecule has 0 spiro atoms. The Morgan fingerprint density at radius 3 is 1.71 bits per heavy atom. The molecule has 0 aromatic carbocycles. The molecule has 0 saturated carbocycles. The number of rotatable bonds is 4. The molecule has 0 aromatic rings. The maximum Gasteiger partial charge on any atom is 0.319 e. The lowest BCUT2D eigenvalue weighted by Gasteiger charge is -2.23. The third-order valence-corrected chi connectivity index (χ3v) is 3.89. The van der Waals surface area contributed by atoms with Gasteiger partial charge in [-0.15, -0.1) is 0 Å². The molecular formula is C11H16N6O4. The van der Waals surface area contributed by atoms with Crippen molar-refractivity contribution < 1.29 is 19.2 Å². The highest BCUT2D eigenvalue weighted by molar-refractivity contribution is 6.22. The number of amides is 6. The summed E-state index contributed by atoms with van der Waals surface area (Å²) in [5.74, 6) is -1.27. The quantitative estimate of drug-likeness (QED) is 0.421. The predicted octanol–water partition coefficient (Wildman–Crippen LogP) is -2.67. The van der Waals surface area contributed by atoms with Gasteiger partial charge in [-0.05, 0) is 27.1 Å². The SMILES string of the molecule is CN(C)CCCN1C(=O)C23NC(=O)NC2(NC(=O)N3)C1=O. The Morgan fingerprint density at radius 2 is 1.33 bits per heavy atom. The monoisotopic (exact) mass is 296 g/mol. The van der Waals surface area contributed by atoms with E-state index in [2.05, 4.69) is 21.3 Å². The van der Waals surface area contributed by atoms with E-state index in [4.69, 9.17) is 0 Å². The Balaban J connectivity index is 1.88. The third kappa shape index (κ3) is 1.56. The van der Waals surface area contributed by atoms with Crippen molar-refractivity contribution in [2.24, 2.45) is 0 Å². The third-order valence-electron chi connectivity index (χ3n) is 3.89. The second-order valence-electron chi connectivity index (χ2n) is 5.58. The molecule has 21 heavy (non-hydrogen) atoms.